The SMILES string of the molecule is COc1ccccc1OCC(=O)Nc1cccc(NC(=O)CC(C)N)c1.Cl. The zero-order valence-corrected chi connectivity index (χ0v) is 16.0. The predicted molar refractivity (Wildman–Crippen MR) is 108 cm³/mol. The quantitative estimate of drug-likeness (QED) is 0.640. The number of methoxy groups -OCH3 is 1. The number of hydrogen-bond acceptors (Lipinski definition) is 5. The summed E-state index contributed by atoms with van der Waals surface area (Å²) in [5.74, 6) is 0.541. The molecule has 0 saturated carbocycles. The summed E-state index contributed by atoms with van der Waals surface area (Å²) in [4.78, 5) is 23.8. The monoisotopic (exact) mass is 393 g/mol. The second kappa shape index (κ2) is 11.1. The maximum absolute atomic E-state index is 12.1. The molecular weight excluding hydrogens is 370 g/mol. The first-order valence-corrected chi connectivity index (χ1v) is 8.19. The Kier molecular flexibility index (Phi) is 9.12. The molecule has 27 heavy (non-hydrogen) atoms. The highest BCUT2D eigenvalue weighted by Gasteiger charge is 2.09. The van der Waals surface area contributed by atoms with Crippen molar-refractivity contribution < 1.29 is 19.1 Å². The van der Waals surface area contributed by atoms with E-state index in [1.54, 1.807) is 49.4 Å². The van der Waals surface area contributed by atoms with Crippen LogP contribution in [-0.4, -0.2) is 31.6 Å². The molecule has 0 aliphatic carbocycles. The van der Waals surface area contributed by atoms with Crippen LogP contribution in [0.5, 0.6) is 11.5 Å². The number of halogens is 1. The van der Waals surface area contributed by atoms with Crippen LogP contribution in [0, 0.1) is 0 Å². The van der Waals surface area contributed by atoms with Crippen molar-refractivity contribution in [3.05, 3.63) is 48.5 Å². The number of benzene rings is 2. The van der Waals surface area contributed by atoms with E-state index < -0.39 is 0 Å². The molecule has 8 heteroatoms. The fraction of sp³-hybridized carbons (Fsp3) is 0.263. The van der Waals surface area contributed by atoms with E-state index in [0.717, 1.165) is 0 Å². The van der Waals surface area contributed by atoms with Crippen molar-refractivity contribution in [2.45, 2.75) is 19.4 Å². The fourth-order valence-corrected chi connectivity index (χ4v) is 2.26. The Balaban J connectivity index is 0.00000364. The topological polar surface area (TPSA) is 103 Å². The Hall–Kier alpha value is -2.77. The number of nitrogens with two attached hydrogens (primary N) is 1. The molecule has 0 saturated heterocycles. The average Bonchev–Trinajstić information content (AvgIpc) is 2.59. The number of rotatable bonds is 8. The van der Waals surface area contributed by atoms with Gasteiger partial charge in [0.15, 0.2) is 18.1 Å². The van der Waals surface area contributed by atoms with Crippen LogP contribution in [0.2, 0.25) is 0 Å². The first kappa shape index (κ1) is 22.3. The Morgan fingerprint density at radius 1 is 1.00 bits per heavy atom. The maximum atomic E-state index is 12.1. The molecule has 2 aromatic carbocycles. The minimum atomic E-state index is -0.324. The molecule has 0 heterocycles. The third-order valence-electron chi connectivity index (χ3n) is 3.37. The molecule has 2 amide bonds. The van der Waals surface area contributed by atoms with Gasteiger partial charge in [-0.3, -0.25) is 9.59 Å². The van der Waals surface area contributed by atoms with Crippen LogP contribution in [0.1, 0.15) is 13.3 Å². The highest BCUT2D eigenvalue weighted by molar-refractivity contribution is 5.94. The van der Waals surface area contributed by atoms with Crippen LogP contribution < -0.4 is 25.8 Å². The normalized spacial score (nSPS) is 10.9. The number of para-hydroxylation sites is 2. The predicted octanol–water partition coefficient (Wildman–Crippen LogP) is 2.81. The van der Waals surface area contributed by atoms with E-state index in [4.69, 9.17) is 15.2 Å². The van der Waals surface area contributed by atoms with Crippen molar-refractivity contribution in [2.24, 2.45) is 5.73 Å². The van der Waals surface area contributed by atoms with E-state index in [-0.39, 0.29) is 43.3 Å². The smallest absolute Gasteiger partial charge is 0.262 e. The van der Waals surface area contributed by atoms with Gasteiger partial charge in [0, 0.05) is 23.8 Å². The largest absolute Gasteiger partial charge is 0.493 e. The van der Waals surface area contributed by atoms with Crippen LogP contribution in [0.15, 0.2) is 48.5 Å². The number of amides is 2. The first-order valence-electron chi connectivity index (χ1n) is 8.19. The summed E-state index contributed by atoms with van der Waals surface area (Å²) in [6, 6.07) is 13.7. The number of nitrogens with one attached hydrogen (secondary N) is 2. The van der Waals surface area contributed by atoms with Gasteiger partial charge in [-0.25, -0.2) is 0 Å². The number of carbonyl (C=O) groups excluding carboxylic acids is 2. The second-order valence-corrected chi connectivity index (χ2v) is 5.80. The van der Waals surface area contributed by atoms with Gasteiger partial charge >= 0.3 is 0 Å². The van der Waals surface area contributed by atoms with Gasteiger partial charge in [-0.15, -0.1) is 12.4 Å². The number of hydrogen-bond donors (Lipinski definition) is 3. The molecule has 4 N–H and O–H groups in total. The van der Waals surface area contributed by atoms with Crippen LogP contribution in [0.3, 0.4) is 0 Å². The van der Waals surface area contributed by atoms with E-state index in [1.165, 1.54) is 7.11 Å². The lowest BCUT2D eigenvalue weighted by atomic mass is 10.2. The van der Waals surface area contributed by atoms with Crippen molar-refractivity contribution >= 4 is 35.6 Å². The Labute approximate surface area is 164 Å². The van der Waals surface area contributed by atoms with Gasteiger partial charge in [-0.1, -0.05) is 18.2 Å². The molecular formula is C19H24ClN3O4. The molecule has 1 atom stereocenters. The van der Waals surface area contributed by atoms with Gasteiger partial charge in [0.2, 0.25) is 5.91 Å². The molecule has 146 valence electrons. The molecule has 2 aromatic rings. The molecule has 0 aliphatic rings. The van der Waals surface area contributed by atoms with Crippen LogP contribution >= 0.6 is 12.4 Å². The van der Waals surface area contributed by atoms with E-state index in [0.29, 0.717) is 22.9 Å². The summed E-state index contributed by atoms with van der Waals surface area (Å²) >= 11 is 0. The summed E-state index contributed by atoms with van der Waals surface area (Å²) in [6.07, 6.45) is 0.226. The summed E-state index contributed by atoms with van der Waals surface area (Å²) in [5, 5.41) is 5.47. The lowest BCUT2D eigenvalue weighted by Gasteiger charge is -2.11. The molecule has 0 aromatic heterocycles. The molecule has 1 unspecified atom stereocenters. The molecule has 7 nitrogen and oxygen atoms in total. The van der Waals surface area contributed by atoms with Gasteiger partial charge in [0.05, 0.1) is 7.11 Å². The van der Waals surface area contributed by atoms with Crippen molar-refractivity contribution in [1.29, 1.82) is 0 Å². The molecule has 2 rings (SSSR count). The lowest BCUT2D eigenvalue weighted by molar-refractivity contribution is -0.118. The number of anilines is 2. The molecule has 0 radical (unpaired) electrons. The van der Waals surface area contributed by atoms with E-state index >= 15 is 0 Å². The Morgan fingerprint density at radius 3 is 2.19 bits per heavy atom. The Bertz CT molecular complexity index is 768. The highest BCUT2D eigenvalue weighted by atomic mass is 35.5. The number of ether oxygens (including phenoxy) is 2. The van der Waals surface area contributed by atoms with Crippen LogP contribution in [0.4, 0.5) is 11.4 Å². The van der Waals surface area contributed by atoms with Crippen molar-refractivity contribution in [1.82, 2.24) is 0 Å². The summed E-state index contributed by atoms with van der Waals surface area (Å²) in [7, 11) is 1.54. The summed E-state index contributed by atoms with van der Waals surface area (Å²) in [5.41, 5.74) is 6.74. The summed E-state index contributed by atoms with van der Waals surface area (Å²) < 4.78 is 10.7. The van der Waals surface area contributed by atoms with E-state index in [2.05, 4.69) is 10.6 Å². The molecule has 0 aliphatic heterocycles. The zero-order valence-electron chi connectivity index (χ0n) is 15.2. The minimum Gasteiger partial charge on any atom is -0.493 e. The van der Waals surface area contributed by atoms with E-state index in [1.807, 2.05) is 6.07 Å². The van der Waals surface area contributed by atoms with Gasteiger partial charge < -0.3 is 25.8 Å². The third kappa shape index (κ3) is 7.55. The maximum Gasteiger partial charge on any atom is 0.262 e. The van der Waals surface area contributed by atoms with Gasteiger partial charge in [0.25, 0.3) is 5.91 Å². The zero-order chi connectivity index (χ0) is 18.9. The fourth-order valence-electron chi connectivity index (χ4n) is 2.26. The lowest BCUT2D eigenvalue weighted by Crippen LogP contribution is -2.24. The second-order valence-electron chi connectivity index (χ2n) is 5.80. The van der Waals surface area contributed by atoms with Gasteiger partial charge in [-0.05, 0) is 37.3 Å². The number of carbonyl (C=O) groups is 2. The molecule has 0 fully saturated rings. The van der Waals surface area contributed by atoms with Crippen LogP contribution in [0.25, 0.3) is 0 Å². The third-order valence-corrected chi connectivity index (χ3v) is 3.37. The molecule has 0 spiro atoms. The average molecular weight is 394 g/mol. The van der Waals surface area contributed by atoms with Gasteiger partial charge in [-0.2, -0.15) is 0 Å². The van der Waals surface area contributed by atoms with Gasteiger partial charge in [0.1, 0.15) is 0 Å². The molecule has 0 bridgehead atoms. The standard InChI is InChI=1S/C19H23N3O4.ClH/c1-13(20)10-18(23)21-14-6-5-7-15(11-14)22-19(24)12-26-17-9-4-3-8-16(17)25-2;/h3-9,11,13H,10,12,20H2,1-2H3,(H,21,23)(H,22,24);1H. The minimum absolute atomic E-state index is 0. The first-order chi connectivity index (χ1) is 12.5. The van der Waals surface area contributed by atoms with E-state index in [9.17, 15) is 9.59 Å². The van der Waals surface area contributed by atoms with Crippen LogP contribution in [-0.2, 0) is 9.59 Å². The Morgan fingerprint density at radius 2 is 1.59 bits per heavy atom. The van der Waals surface area contributed by atoms with Crippen molar-refractivity contribution in [2.75, 3.05) is 24.4 Å². The summed E-state index contributed by atoms with van der Waals surface area (Å²) in [6.45, 7) is 1.60. The van der Waals surface area contributed by atoms with Crippen molar-refractivity contribution in [3.8, 4) is 11.5 Å². The van der Waals surface area contributed by atoms with Crippen molar-refractivity contribution in [3.63, 3.8) is 0 Å². The highest BCUT2D eigenvalue weighted by Crippen LogP contribution is 2.25.